The summed E-state index contributed by atoms with van der Waals surface area (Å²) in [4.78, 5) is 47.7. The number of para-hydroxylation sites is 2. The van der Waals surface area contributed by atoms with Gasteiger partial charge in [0.2, 0.25) is 0 Å². The van der Waals surface area contributed by atoms with E-state index < -0.39 is 22.8 Å². The van der Waals surface area contributed by atoms with Crippen LogP contribution in [-0.4, -0.2) is 36.1 Å². The number of benzene rings is 4. The molecule has 11 heteroatoms. The first kappa shape index (κ1) is 28.9. The topological polar surface area (TPSA) is 146 Å². The summed E-state index contributed by atoms with van der Waals surface area (Å²) in [6.45, 7) is 0. The van der Waals surface area contributed by atoms with E-state index in [4.69, 9.17) is 14.2 Å². The van der Waals surface area contributed by atoms with Crippen LogP contribution in [0.3, 0.4) is 0 Å². The Balaban J connectivity index is 1.39. The lowest BCUT2D eigenvalue weighted by molar-refractivity contribution is -0.384. The van der Waals surface area contributed by atoms with Gasteiger partial charge in [-0.1, -0.05) is 30.3 Å². The number of hydrazone groups is 1. The number of hydrogen-bond acceptors (Lipinski definition) is 9. The Kier molecular flexibility index (Phi) is 9.50. The fraction of sp³-hybridized carbons (Fsp3) is 0.0323. The lowest BCUT2D eigenvalue weighted by Crippen LogP contribution is -2.17. The minimum Gasteiger partial charge on any atom is -0.497 e. The van der Waals surface area contributed by atoms with Crippen LogP contribution in [-0.2, 0) is 4.79 Å². The zero-order valence-electron chi connectivity index (χ0n) is 22.1. The van der Waals surface area contributed by atoms with E-state index in [2.05, 4.69) is 10.5 Å². The van der Waals surface area contributed by atoms with Crippen LogP contribution in [0.1, 0.15) is 31.8 Å². The number of carbonyl (C=O) groups excluding carboxylic acids is 3. The molecule has 1 N–H and O–H groups in total. The highest BCUT2D eigenvalue weighted by Crippen LogP contribution is 2.22. The van der Waals surface area contributed by atoms with Crippen molar-refractivity contribution >= 4 is 35.8 Å². The van der Waals surface area contributed by atoms with Gasteiger partial charge in [0.25, 0.3) is 11.6 Å². The van der Waals surface area contributed by atoms with Crippen molar-refractivity contribution in [2.45, 2.75) is 0 Å². The fourth-order valence-electron chi connectivity index (χ4n) is 3.54. The normalized spacial score (nSPS) is 10.8. The third-order valence-corrected chi connectivity index (χ3v) is 5.69. The SMILES string of the molecule is COc1ccc(C(=O)N/N=C/c2ccccc2OC(=O)/C=C/c2ccccc2OC(=O)c2ccc([N+](=O)[O-])cc2)cc1. The average molecular weight is 566 g/mol. The maximum Gasteiger partial charge on any atom is 0.343 e. The molecular weight excluding hydrogens is 542 g/mol. The molecule has 0 aliphatic carbocycles. The van der Waals surface area contributed by atoms with E-state index in [1.165, 1.54) is 43.7 Å². The van der Waals surface area contributed by atoms with Crippen LogP contribution in [0.4, 0.5) is 5.69 Å². The molecule has 0 spiro atoms. The van der Waals surface area contributed by atoms with Crippen molar-refractivity contribution < 1.29 is 33.5 Å². The minimum atomic E-state index is -0.722. The molecule has 0 radical (unpaired) electrons. The number of esters is 2. The highest BCUT2D eigenvalue weighted by Gasteiger charge is 2.13. The Bertz CT molecular complexity index is 1660. The van der Waals surface area contributed by atoms with Gasteiger partial charge in [-0.2, -0.15) is 5.10 Å². The van der Waals surface area contributed by atoms with Crippen molar-refractivity contribution in [3.05, 3.63) is 136 Å². The number of hydrogen-bond donors (Lipinski definition) is 1. The molecule has 42 heavy (non-hydrogen) atoms. The van der Waals surface area contributed by atoms with Crippen LogP contribution >= 0.6 is 0 Å². The van der Waals surface area contributed by atoms with Gasteiger partial charge in [0.05, 0.1) is 23.8 Å². The molecular formula is C31H23N3O8. The number of ether oxygens (including phenoxy) is 3. The molecule has 0 unspecified atom stereocenters. The maximum atomic E-state index is 12.6. The highest BCUT2D eigenvalue weighted by atomic mass is 16.6. The van der Waals surface area contributed by atoms with E-state index in [1.54, 1.807) is 72.8 Å². The second-order valence-electron chi connectivity index (χ2n) is 8.45. The number of non-ortho nitro benzene ring substituents is 1. The number of nitro benzene ring substituents is 1. The Morgan fingerprint density at radius 2 is 1.38 bits per heavy atom. The van der Waals surface area contributed by atoms with Gasteiger partial charge in [-0.3, -0.25) is 14.9 Å². The number of amides is 1. The Morgan fingerprint density at radius 1 is 0.786 bits per heavy atom. The van der Waals surface area contributed by atoms with Crippen LogP contribution in [0.5, 0.6) is 17.2 Å². The molecule has 0 saturated heterocycles. The lowest BCUT2D eigenvalue weighted by atomic mass is 10.1. The number of nitrogens with zero attached hydrogens (tertiary/aromatic N) is 2. The number of nitrogens with one attached hydrogen (secondary N) is 1. The number of rotatable bonds is 10. The summed E-state index contributed by atoms with van der Waals surface area (Å²) >= 11 is 0. The zero-order valence-corrected chi connectivity index (χ0v) is 22.1. The number of methoxy groups -OCH3 is 1. The summed E-state index contributed by atoms with van der Waals surface area (Å²) in [5, 5.41) is 14.8. The van der Waals surface area contributed by atoms with Crippen molar-refractivity contribution in [2.24, 2.45) is 5.10 Å². The van der Waals surface area contributed by atoms with E-state index in [1.807, 2.05) is 0 Å². The van der Waals surface area contributed by atoms with E-state index in [0.29, 0.717) is 22.4 Å². The summed E-state index contributed by atoms with van der Waals surface area (Å²) in [7, 11) is 1.53. The number of nitro groups is 1. The van der Waals surface area contributed by atoms with E-state index in [-0.39, 0.29) is 22.7 Å². The molecule has 0 aromatic heterocycles. The third-order valence-electron chi connectivity index (χ3n) is 5.69. The minimum absolute atomic E-state index is 0.122. The van der Waals surface area contributed by atoms with E-state index in [0.717, 1.165) is 6.08 Å². The van der Waals surface area contributed by atoms with Gasteiger partial charge < -0.3 is 14.2 Å². The first-order chi connectivity index (χ1) is 20.3. The first-order valence-corrected chi connectivity index (χ1v) is 12.4. The molecule has 1 amide bonds. The molecule has 0 fully saturated rings. The van der Waals surface area contributed by atoms with Crippen molar-refractivity contribution in [1.82, 2.24) is 5.43 Å². The van der Waals surface area contributed by atoms with Gasteiger partial charge in [0.15, 0.2) is 0 Å². The summed E-state index contributed by atoms with van der Waals surface area (Å²) in [6.07, 6.45) is 3.94. The van der Waals surface area contributed by atoms with Gasteiger partial charge in [-0.05, 0) is 60.7 Å². The molecule has 0 atom stereocenters. The van der Waals surface area contributed by atoms with Crippen LogP contribution in [0.15, 0.2) is 108 Å². The van der Waals surface area contributed by atoms with Crippen LogP contribution in [0.25, 0.3) is 6.08 Å². The van der Waals surface area contributed by atoms with Gasteiger partial charge in [0, 0.05) is 34.9 Å². The molecule has 0 bridgehead atoms. The van der Waals surface area contributed by atoms with Crippen LogP contribution in [0, 0.1) is 10.1 Å². The molecule has 0 heterocycles. The summed E-state index contributed by atoms with van der Waals surface area (Å²) in [5.41, 5.74) is 3.63. The van der Waals surface area contributed by atoms with E-state index in [9.17, 15) is 24.5 Å². The van der Waals surface area contributed by atoms with Crippen molar-refractivity contribution in [3.8, 4) is 17.2 Å². The van der Waals surface area contributed by atoms with Gasteiger partial charge in [0.1, 0.15) is 17.2 Å². The second-order valence-corrected chi connectivity index (χ2v) is 8.45. The van der Waals surface area contributed by atoms with Crippen LogP contribution in [0.2, 0.25) is 0 Å². The van der Waals surface area contributed by atoms with Crippen molar-refractivity contribution in [3.63, 3.8) is 0 Å². The van der Waals surface area contributed by atoms with Crippen LogP contribution < -0.4 is 19.6 Å². The molecule has 0 aliphatic heterocycles. The van der Waals surface area contributed by atoms with Gasteiger partial charge in [-0.15, -0.1) is 0 Å². The molecule has 0 saturated carbocycles. The molecule has 4 aromatic rings. The van der Waals surface area contributed by atoms with E-state index >= 15 is 0 Å². The Morgan fingerprint density at radius 3 is 2.02 bits per heavy atom. The largest absolute Gasteiger partial charge is 0.497 e. The standard InChI is InChI=1S/C31H23N3O8/c1-40-26-17-12-22(13-18-26)30(36)33-32-20-24-7-3-5-9-28(24)41-29(35)19-14-21-6-2-4-8-27(21)42-31(37)23-10-15-25(16-11-23)34(38)39/h2-20H,1H3,(H,33,36)/b19-14+,32-20+. The molecule has 210 valence electrons. The summed E-state index contributed by atoms with van der Waals surface area (Å²) in [5.74, 6) is -0.876. The molecule has 4 rings (SSSR count). The monoisotopic (exact) mass is 565 g/mol. The highest BCUT2D eigenvalue weighted by molar-refractivity contribution is 5.96. The third kappa shape index (κ3) is 7.73. The molecule has 0 aliphatic rings. The Labute approximate surface area is 239 Å². The van der Waals surface area contributed by atoms with Crippen molar-refractivity contribution in [1.29, 1.82) is 0 Å². The first-order valence-electron chi connectivity index (χ1n) is 12.4. The Hall–Kier alpha value is -6.10. The predicted molar refractivity (Wildman–Crippen MR) is 154 cm³/mol. The average Bonchev–Trinajstić information content (AvgIpc) is 3.01. The number of carbonyl (C=O) groups is 3. The zero-order chi connectivity index (χ0) is 29.9. The molecule has 11 nitrogen and oxygen atoms in total. The second kappa shape index (κ2) is 13.8. The summed E-state index contributed by atoms with van der Waals surface area (Å²) in [6, 6.07) is 24.6. The fourth-order valence-corrected chi connectivity index (χ4v) is 3.54. The smallest absolute Gasteiger partial charge is 0.343 e. The van der Waals surface area contributed by atoms with Gasteiger partial charge >= 0.3 is 11.9 Å². The predicted octanol–water partition coefficient (Wildman–Crippen LogP) is 5.21. The van der Waals surface area contributed by atoms with Crippen molar-refractivity contribution in [2.75, 3.05) is 7.11 Å². The maximum absolute atomic E-state index is 12.6. The summed E-state index contributed by atoms with van der Waals surface area (Å²) < 4.78 is 16.0. The lowest BCUT2D eigenvalue weighted by Gasteiger charge is -2.08. The molecule has 4 aromatic carbocycles. The quantitative estimate of drug-likeness (QED) is 0.0689. The van der Waals surface area contributed by atoms with Gasteiger partial charge in [-0.25, -0.2) is 15.0 Å².